The fraction of sp³-hybridized carbons (Fsp3) is 0.500. The number of hydrogen-bond acceptors (Lipinski definition) is 4. The fourth-order valence-corrected chi connectivity index (χ4v) is 3.77. The van der Waals surface area contributed by atoms with E-state index in [-0.39, 0.29) is 5.91 Å². The van der Waals surface area contributed by atoms with Crippen molar-refractivity contribution in [3.8, 4) is 11.4 Å². The third-order valence-electron chi connectivity index (χ3n) is 4.57. The van der Waals surface area contributed by atoms with E-state index >= 15 is 0 Å². The summed E-state index contributed by atoms with van der Waals surface area (Å²) in [5.74, 6) is 2.19. The van der Waals surface area contributed by atoms with Crippen LogP contribution >= 0.6 is 11.8 Å². The topological polar surface area (TPSA) is 51.0 Å². The van der Waals surface area contributed by atoms with Crippen LogP contribution in [-0.4, -0.2) is 44.4 Å². The van der Waals surface area contributed by atoms with Crippen LogP contribution in [0.4, 0.5) is 0 Å². The van der Waals surface area contributed by atoms with E-state index in [2.05, 4.69) is 36.2 Å². The zero-order valence-electron chi connectivity index (χ0n) is 14.5. The number of likely N-dealkylation sites (tertiary alicyclic amines) is 1. The molecule has 1 aliphatic rings. The normalized spacial score (nSPS) is 15.7. The molecule has 0 aliphatic carbocycles. The van der Waals surface area contributed by atoms with Crippen molar-refractivity contribution in [2.75, 3.05) is 18.8 Å². The average molecular weight is 344 g/mol. The molecule has 6 heteroatoms. The van der Waals surface area contributed by atoms with Crippen LogP contribution in [0.2, 0.25) is 0 Å². The highest BCUT2D eigenvalue weighted by Gasteiger charge is 2.21. The monoisotopic (exact) mass is 344 g/mol. The van der Waals surface area contributed by atoms with Gasteiger partial charge in [0.25, 0.3) is 0 Å². The Balaban J connectivity index is 1.63. The number of benzene rings is 1. The summed E-state index contributed by atoms with van der Waals surface area (Å²) in [6.07, 6.45) is 2.22. The molecule has 128 valence electrons. The van der Waals surface area contributed by atoms with E-state index in [1.54, 1.807) is 0 Å². The second kappa shape index (κ2) is 7.38. The summed E-state index contributed by atoms with van der Waals surface area (Å²) in [5, 5.41) is 9.33. The molecule has 0 atom stereocenters. The molecule has 0 radical (unpaired) electrons. The van der Waals surface area contributed by atoms with Gasteiger partial charge in [-0.05, 0) is 31.7 Å². The number of aryl methyl sites for hydroxylation is 1. The Labute approximate surface area is 147 Å². The number of carbonyl (C=O) groups is 1. The lowest BCUT2D eigenvalue weighted by atomic mass is 9.99. The number of aromatic nitrogens is 3. The highest BCUT2D eigenvalue weighted by atomic mass is 32.2. The highest BCUT2D eigenvalue weighted by Crippen LogP contribution is 2.24. The van der Waals surface area contributed by atoms with Crippen molar-refractivity contribution >= 4 is 17.7 Å². The molecular weight excluding hydrogens is 320 g/mol. The molecule has 1 aromatic carbocycles. The third kappa shape index (κ3) is 3.80. The molecule has 2 aromatic rings. The Bertz CT molecular complexity index is 720. The first-order chi connectivity index (χ1) is 11.5. The molecule has 0 spiro atoms. The molecule has 0 N–H and O–H groups in total. The Morgan fingerprint density at radius 3 is 2.75 bits per heavy atom. The van der Waals surface area contributed by atoms with Gasteiger partial charge in [0.05, 0.1) is 5.75 Å². The number of hydrogen-bond donors (Lipinski definition) is 0. The van der Waals surface area contributed by atoms with E-state index in [0.717, 1.165) is 48.4 Å². The summed E-state index contributed by atoms with van der Waals surface area (Å²) >= 11 is 1.47. The maximum atomic E-state index is 12.4. The van der Waals surface area contributed by atoms with Crippen LogP contribution in [0.1, 0.15) is 25.3 Å². The average Bonchev–Trinajstić information content (AvgIpc) is 2.94. The van der Waals surface area contributed by atoms with Crippen LogP contribution in [0.3, 0.4) is 0 Å². The van der Waals surface area contributed by atoms with Crippen LogP contribution in [0, 0.1) is 12.8 Å². The van der Waals surface area contributed by atoms with Gasteiger partial charge in [0.1, 0.15) is 0 Å². The second-order valence-electron chi connectivity index (χ2n) is 6.59. The Morgan fingerprint density at radius 2 is 2.04 bits per heavy atom. The number of piperidine rings is 1. The van der Waals surface area contributed by atoms with Crippen molar-refractivity contribution < 1.29 is 4.79 Å². The molecule has 0 unspecified atom stereocenters. The van der Waals surface area contributed by atoms with Crippen molar-refractivity contribution in [2.24, 2.45) is 13.0 Å². The minimum absolute atomic E-state index is 0.201. The lowest BCUT2D eigenvalue weighted by Crippen LogP contribution is -2.38. The van der Waals surface area contributed by atoms with E-state index in [4.69, 9.17) is 0 Å². The van der Waals surface area contributed by atoms with Gasteiger partial charge in [-0.15, -0.1) is 10.2 Å². The number of rotatable bonds is 4. The van der Waals surface area contributed by atoms with Gasteiger partial charge in [-0.3, -0.25) is 4.79 Å². The molecule has 3 rings (SSSR count). The molecule has 1 aliphatic heterocycles. The molecule has 1 aromatic heterocycles. The minimum atomic E-state index is 0.201. The molecule has 24 heavy (non-hydrogen) atoms. The number of amides is 1. The van der Waals surface area contributed by atoms with Crippen LogP contribution in [0.15, 0.2) is 29.4 Å². The summed E-state index contributed by atoms with van der Waals surface area (Å²) in [4.78, 5) is 14.3. The standard InChI is InChI=1S/C18H24N4OS/c1-13-7-9-22(10-8-13)16(23)12-24-18-20-19-17(21(18)3)15-6-4-5-14(2)11-15/h4-6,11,13H,7-10,12H2,1-3H3. The number of thioether (sulfide) groups is 1. The molecule has 1 saturated heterocycles. The minimum Gasteiger partial charge on any atom is -0.342 e. The van der Waals surface area contributed by atoms with Gasteiger partial charge < -0.3 is 9.47 Å². The van der Waals surface area contributed by atoms with E-state index in [1.165, 1.54) is 17.3 Å². The lowest BCUT2D eigenvalue weighted by Gasteiger charge is -2.30. The summed E-state index contributed by atoms with van der Waals surface area (Å²) < 4.78 is 1.96. The smallest absolute Gasteiger partial charge is 0.233 e. The number of carbonyl (C=O) groups excluding carboxylic acids is 1. The van der Waals surface area contributed by atoms with Crippen molar-refractivity contribution in [2.45, 2.75) is 31.8 Å². The Morgan fingerprint density at radius 1 is 1.29 bits per heavy atom. The molecule has 5 nitrogen and oxygen atoms in total. The quantitative estimate of drug-likeness (QED) is 0.800. The fourth-order valence-electron chi connectivity index (χ4n) is 2.95. The summed E-state index contributed by atoms with van der Waals surface area (Å²) in [5.41, 5.74) is 2.24. The molecule has 0 bridgehead atoms. The largest absolute Gasteiger partial charge is 0.342 e. The predicted molar refractivity (Wildman–Crippen MR) is 96.9 cm³/mol. The third-order valence-corrected chi connectivity index (χ3v) is 5.58. The van der Waals surface area contributed by atoms with E-state index in [1.807, 2.05) is 28.6 Å². The predicted octanol–water partition coefficient (Wildman–Crippen LogP) is 3.14. The zero-order chi connectivity index (χ0) is 17.1. The van der Waals surface area contributed by atoms with Gasteiger partial charge >= 0.3 is 0 Å². The van der Waals surface area contributed by atoms with Gasteiger partial charge in [-0.2, -0.15) is 0 Å². The van der Waals surface area contributed by atoms with Crippen molar-refractivity contribution in [3.05, 3.63) is 29.8 Å². The molecule has 0 saturated carbocycles. The van der Waals surface area contributed by atoms with Gasteiger partial charge in [-0.25, -0.2) is 0 Å². The van der Waals surface area contributed by atoms with Crippen LogP contribution < -0.4 is 0 Å². The van der Waals surface area contributed by atoms with Gasteiger partial charge in [0.15, 0.2) is 11.0 Å². The van der Waals surface area contributed by atoms with Gasteiger partial charge in [-0.1, -0.05) is 42.4 Å². The highest BCUT2D eigenvalue weighted by molar-refractivity contribution is 7.99. The maximum absolute atomic E-state index is 12.4. The molecule has 2 heterocycles. The lowest BCUT2D eigenvalue weighted by molar-refractivity contribution is -0.129. The zero-order valence-corrected chi connectivity index (χ0v) is 15.3. The van der Waals surface area contributed by atoms with E-state index in [9.17, 15) is 4.79 Å². The summed E-state index contributed by atoms with van der Waals surface area (Å²) in [6, 6.07) is 8.21. The molecule has 1 fully saturated rings. The first-order valence-electron chi connectivity index (χ1n) is 8.41. The number of nitrogens with zero attached hydrogens (tertiary/aromatic N) is 4. The first-order valence-corrected chi connectivity index (χ1v) is 9.40. The SMILES string of the molecule is Cc1cccc(-c2nnc(SCC(=O)N3CCC(C)CC3)n2C)c1. The second-order valence-corrected chi connectivity index (χ2v) is 7.53. The maximum Gasteiger partial charge on any atom is 0.233 e. The van der Waals surface area contributed by atoms with Crippen LogP contribution in [0.5, 0.6) is 0 Å². The molecule has 1 amide bonds. The Kier molecular flexibility index (Phi) is 5.23. The summed E-state index contributed by atoms with van der Waals surface area (Å²) in [7, 11) is 1.95. The van der Waals surface area contributed by atoms with E-state index in [0.29, 0.717) is 5.75 Å². The summed E-state index contributed by atoms with van der Waals surface area (Å²) in [6.45, 7) is 6.08. The van der Waals surface area contributed by atoms with E-state index < -0.39 is 0 Å². The first kappa shape index (κ1) is 17.0. The van der Waals surface area contributed by atoms with Crippen LogP contribution in [0.25, 0.3) is 11.4 Å². The van der Waals surface area contributed by atoms with Gasteiger partial charge in [0, 0.05) is 25.7 Å². The van der Waals surface area contributed by atoms with Crippen molar-refractivity contribution in [1.29, 1.82) is 0 Å². The molecular formula is C18H24N4OS. The van der Waals surface area contributed by atoms with Gasteiger partial charge in [0.2, 0.25) is 5.91 Å². The Hall–Kier alpha value is -1.82. The van der Waals surface area contributed by atoms with Crippen molar-refractivity contribution in [3.63, 3.8) is 0 Å². The van der Waals surface area contributed by atoms with Crippen molar-refractivity contribution in [1.82, 2.24) is 19.7 Å². The van der Waals surface area contributed by atoms with Crippen LogP contribution in [-0.2, 0) is 11.8 Å².